The third-order valence-corrected chi connectivity index (χ3v) is 4.20. The number of hydrogen-bond donors (Lipinski definition) is 4. The van der Waals surface area contributed by atoms with Gasteiger partial charge in [0.2, 0.25) is 0 Å². The minimum Gasteiger partial charge on any atom is -0.495 e. The molecule has 0 unspecified atom stereocenters. The lowest BCUT2D eigenvalue weighted by molar-refractivity contribution is 0.458. The van der Waals surface area contributed by atoms with E-state index in [0.29, 0.717) is 0 Å². The van der Waals surface area contributed by atoms with E-state index in [1.165, 1.54) is 28.1 Å². The van der Waals surface area contributed by atoms with E-state index in [9.17, 15) is 5.11 Å². The van der Waals surface area contributed by atoms with Gasteiger partial charge >= 0.3 is 0 Å². The van der Waals surface area contributed by atoms with Gasteiger partial charge in [-0.1, -0.05) is 11.1 Å². The van der Waals surface area contributed by atoms with Crippen molar-refractivity contribution in [3.8, 4) is 5.88 Å². The van der Waals surface area contributed by atoms with Crippen molar-refractivity contribution in [3.63, 3.8) is 0 Å². The number of aryl methyl sites for hydroxylation is 1. The number of hydrogen-bond acceptors (Lipinski definition) is 2. The highest BCUT2D eigenvalue weighted by molar-refractivity contribution is 5.82. The lowest BCUT2D eigenvalue weighted by Gasteiger charge is -2.08. The molecule has 1 aliphatic heterocycles. The van der Waals surface area contributed by atoms with Gasteiger partial charge in [-0.15, -0.1) is 0 Å². The monoisotopic (exact) mass is 271 g/mol. The maximum absolute atomic E-state index is 9.48. The number of rotatable bonds is 2. The lowest BCUT2D eigenvalue weighted by atomic mass is 10.1. The topological polar surface area (TPSA) is 63.8 Å². The first kappa shape index (κ1) is 12.9. The van der Waals surface area contributed by atoms with E-state index in [1.54, 1.807) is 6.07 Å². The molecule has 0 amide bonds. The first-order valence-electron chi connectivity index (χ1n) is 7.04. The highest BCUT2D eigenvalue weighted by Gasteiger charge is 2.13. The Bertz CT molecular complexity index is 715. The first-order chi connectivity index (χ1) is 9.54. The van der Waals surface area contributed by atoms with Gasteiger partial charge < -0.3 is 20.4 Å². The highest BCUT2D eigenvalue weighted by Crippen LogP contribution is 2.26. The minimum absolute atomic E-state index is 0.210. The van der Waals surface area contributed by atoms with Crippen molar-refractivity contribution in [2.75, 3.05) is 6.54 Å². The molecule has 3 rings (SSSR count). The fourth-order valence-electron chi connectivity index (χ4n) is 2.77. The van der Waals surface area contributed by atoms with Crippen molar-refractivity contribution < 1.29 is 5.11 Å². The lowest BCUT2D eigenvalue weighted by Crippen LogP contribution is -2.15. The third-order valence-electron chi connectivity index (χ3n) is 4.20. The Morgan fingerprint density at radius 1 is 1.20 bits per heavy atom. The van der Waals surface area contributed by atoms with Gasteiger partial charge in [0, 0.05) is 30.4 Å². The van der Waals surface area contributed by atoms with Crippen LogP contribution in [-0.4, -0.2) is 21.6 Å². The van der Waals surface area contributed by atoms with Gasteiger partial charge in [0.1, 0.15) is 0 Å². The van der Waals surface area contributed by atoms with Crippen molar-refractivity contribution in [2.24, 2.45) is 0 Å². The Balaban J connectivity index is 1.91. The molecule has 2 aromatic rings. The molecule has 0 fully saturated rings. The van der Waals surface area contributed by atoms with Crippen molar-refractivity contribution >= 4 is 11.0 Å². The Morgan fingerprint density at radius 3 is 2.75 bits per heavy atom. The Morgan fingerprint density at radius 2 is 2.00 bits per heavy atom. The van der Waals surface area contributed by atoms with Crippen LogP contribution in [-0.2, 0) is 6.42 Å². The molecule has 0 radical (unpaired) electrons. The van der Waals surface area contributed by atoms with E-state index in [4.69, 9.17) is 0 Å². The molecule has 20 heavy (non-hydrogen) atoms. The summed E-state index contributed by atoms with van der Waals surface area (Å²) >= 11 is 0. The fraction of sp³-hybridized carbons (Fsp3) is 0.375. The van der Waals surface area contributed by atoms with E-state index in [1.807, 2.05) is 0 Å². The molecule has 0 saturated heterocycles. The number of nitrogens with one attached hydrogen (secondary N) is 3. The second-order valence-corrected chi connectivity index (χ2v) is 5.66. The molecule has 4 N–H and O–H groups in total. The van der Waals surface area contributed by atoms with Crippen LogP contribution in [0.5, 0.6) is 5.88 Å². The van der Waals surface area contributed by atoms with Crippen LogP contribution < -0.4 is 5.32 Å². The molecule has 0 bridgehead atoms. The molecule has 2 aromatic heterocycles. The standard InChI is InChI=1S/C16H21N3O/c1-9-4-5-17-12(6-10(9)2)7-13-11(3)16-14(18-13)8-15(20)19-16/h6,8,17-20H,4-5,7H2,1-3H3. The van der Waals surface area contributed by atoms with Gasteiger partial charge in [-0.2, -0.15) is 0 Å². The molecule has 0 aliphatic carbocycles. The summed E-state index contributed by atoms with van der Waals surface area (Å²) in [4.78, 5) is 6.38. The number of fused-ring (bicyclic) bond motifs is 1. The number of aromatic hydroxyl groups is 1. The normalized spacial score (nSPS) is 16.2. The van der Waals surface area contributed by atoms with Crippen molar-refractivity contribution in [1.82, 2.24) is 15.3 Å². The zero-order chi connectivity index (χ0) is 14.3. The van der Waals surface area contributed by atoms with Gasteiger partial charge in [-0.3, -0.25) is 0 Å². The van der Waals surface area contributed by atoms with E-state index >= 15 is 0 Å². The second-order valence-electron chi connectivity index (χ2n) is 5.66. The fourth-order valence-corrected chi connectivity index (χ4v) is 2.77. The number of H-pyrrole nitrogens is 2. The SMILES string of the molecule is CC1=C(C)CCNC(Cc2[nH]c3cc(O)[nH]c3c2C)=C1. The smallest absolute Gasteiger partial charge is 0.190 e. The quantitative estimate of drug-likeness (QED) is 0.677. The average molecular weight is 271 g/mol. The minimum atomic E-state index is 0.210. The summed E-state index contributed by atoms with van der Waals surface area (Å²) in [5, 5.41) is 13.0. The third kappa shape index (κ3) is 2.22. The summed E-state index contributed by atoms with van der Waals surface area (Å²) in [5.41, 5.74) is 8.38. The van der Waals surface area contributed by atoms with Crippen LogP contribution >= 0.6 is 0 Å². The Kier molecular flexibility index (Phi) is 3.08. The molecule has 0 atom stereocenters. The van der Waals surface area contributed by atoms with Crippen LogP contribution in [0.3, 0.4) is 0 Å². The summed E-state index contributed by atoms with van der Waals surface area (Å²) in [6, 6.07) is 1.73. The maximum Gasteiger partial charge on any atom is 0.190 e. The number of allylic oxidation sites excluding steroid dienone is 3. The molecular weight excluding hydrogens is 250 g/mol. The highest BCUT2D eigenvalue weighted by atomic mass is 16.3. The molecule has 4 nitrogen and oxygen atoms in total. The first-order valence-corrected chi connectivity index (χ1v) is 7.04. The Hall–Kier alpha value is -2.10. The van der Waals surface area contributed by atoms with Gasteiger partial charge in [0.05, 0.1) is 11.0 Å². The van der Waals surface area contributed by atoms with Crippen LogP contribution in [0, 0.1) is 6.92 Å². The van der Waals surface area contributed by atoms with Gasteiger partial charge in [-0.25, -0.2) is 0 Å². The summed E-state index contributed by atoms with van der Waals surface area (Å²) in [7, 11) is 0. The van der Waals surface area contributed by atoms with E-state index in [-0.39, 0.29) is 5.88 Å². The van der Waals surface area contributed by atoms with E-state index in [0.717, 1.165) is 30.4 Å². The van der Waals surface area contributed by atoms with E-state index in [2.05, 4.69) is 42.1 Å². The summed E-state index contributed by atoms with van der Waals surface area (Å²) in [6.07, 6.45) is 4.21. The van der Waals surface area contributed by atoms with Crippen LogP contribution in [0.4, 0.5) is 0 Å². The zero-order valence-electron chi connectivity index (χ0n) is 12.2. The van der Waals surface area contributed by atoms with Crippen LogP contribution in [0.25, 0.3) is 11.0 Å². The average Bonchev–Trinajstić information content (AvgIpc) is 2.82. The molecular formula is C16H21N3O. The predicted octanol–water partition coefficient (Wildman–Crippen LogP) is 3.27. The summed E-state index contributed by atoms with van der Waals surface area (Å²) in [5.74, 6) is 0.210. The molecule has 0 aromatic carbocycles. The predicted molar refractivity (Wildman–Crippen MR) is 81.8 cm³/mol. The summed E-state index contributed by atoms with van der Waals surface area (Å²) in [6.45, 7) is 7.44. The largest absolute Gasteiger partial charge is 0.495 e. The molecule has 0 spiro atoms. The number of aromatic nitrogens is 2. The maximum atomic E-state index is 9.48. The molecule has 0 saturated carbocycles. The summed E-state index contributed by atoms with van der Waals surface area (Å²) < 4.78 is 0. The number of aromatic amines is 2. The van der Waals surface area contributed by atoms with Gasteiger partial charge in [0.25, 0.3) is 0 Å². The van der Waals surface area contributed by atoms with Crippen molar-refractivity contribution in [2.45, 2.75) is 33.6 Å². The molecule has 3 heterocycles. The molecule has 106 valence electrons. The molecule has 1 aliphatic rings. The molecule has 4 heteroatoms. The zero-order valence-corrected chi connectivity index (χ0v) is 12.2. The van der Waals surface area contributed by atoms with Crippen LogP contribution in [0.1, 0.15) is 31.5 Å². The van der Waals surface area contributed by atoms with Crippen molar-refractivity contribution in [3.05, 3.63) is 40.2 Å². The van der Waals surface area contributed by atoms with Gasteiger partial charge in [0.15, 0.2) is 5.88 Å². The van der Waals surface area contributed by atoms with Gasteiger partial charge in [-0.05, 0) is 38.8 Å². The van der Waals surface area contributed by atoms with Crippen LogP contribution in [0.15, 0.2) is 29.0 Å². The van der Waals surface area contributed by atoms with Crippen molar-refractivity contribution in [1.29, 1.82) is 0 Å². The van der Waals surface area contributed by atoms with E-state index < -0.39 is 0 Å². The second kappa shape index (κ2) is 4.78. The van der Waals surface area contributed by atoms with Crippen LogP contribution in [0.2, 0.25) is 0 Å². The Labute approximate surface area is 118 Å².